The van der Waals surface area contributed by atoms with Crippen molar-refractivity contribution in [2.24, 2.45) is 0 Å². The van der Waals surface area contributed by atoms with Gasteiger partial charge in [0, 0.05) is 0 Å². The van der Waals surface area contributed by atoms with E-state index < -0.39 is 38.4 Å². The number of carbonyl (C=O) groups is 1. The van der Waals surface area contributed by atoms with Crippen LogP contribution in [0.1, 0.15) is 37.8 Å². The molecule has 1 atom stereocenters. The van der Waals surface area contributed by atoms with Crippen LogP contribution in [-0.4, -0.2) is 41.6 Å². The second-order valence-corrected chi connectivity index (χ2v) is 10.8. The Hall–Kier alpha value is -2.27. The van der Waals surface area contributed by atoms with Gasteiger partial charge in [-0.1, -0.05) is 35.4 Å². The third kappa shape index (κ3) is 7.70. The third-order valence-electron chi connectivity index (χ3n) is 4.33. The minimum Gasteiger partial charge on any atom is -0.461 e. The maximum atomic E-state index is 12.6. The molecule has 0 fully saturated rings. The second kappa shape index (κ2) is 11.0. The molecule has 0 N–H and O–H groups in total. The Balaban J connectivity index is 2.05. The summed E-state index contributed by atoms with van der Waals surface area (Å²) in [5, 5.41) is 0. The topological polar surface area (TPSA) is 113 Å². The number of hydrogen-bond donors (Lipinski definition) is 0. The van der Waals surface area contributed by atoms with Gasteiger partial charge in [0.05, 0.1) is 22.5 Å². The van der Waals surface area contributed by atoms with Gasteiger partial charge in [-0.2, -0.15) is 16.8 Å². The van der Waals surface area contributed by atoms with Gasteiger partial charge >= 0.3 is 5.97 Å². The van der Waals surface area contributed by atoms with Gasteiger partial charge in [0.1, 0.15) is 0 Å². The van der Waals surface area contributed by atoms with E-state index in [9.17, 15) is 21.6 Å². The molecule has 0 spiro atoms. The molecule has 0 aliphatic heterocycles. The quantitative estimate of drug-likeness (QED) is 0.270. The zero-order valence-electron chi connectivity index (χ0n) is 18.5. The first kappa shape index (κ1) is 26.0. The molecule has 0 aromatic heterocycles. The predicted octanol–water partition coefficient (Wildman–Crippen LogP) is 3.51. The molecule has 0 radical (unpaired) electrons. The molecule has 0 heterocycles. The normalized spacial score (nSPS) is 13.2. The van der Waals surface area contributed by atoms with E-state index >= 15 is 0 Å². The molecule has 2 rings (SSSR count). The van der Waals surface area contributed by atoms with Crippen LogP contribution in [0.5, 0.6) is 0 Å². The summed E-state index contributed by atoms with van der Waals surface area (Å²) in [7, 11) is -8.20. The highest BCUT2D eigenvalue weighted by atomic mass is 32.2. The van der Waals surface area contributed by atoms with E-state index in [1.54, 1.807) is 38.1 Å². The Kier molecular flexibility index (Phi) is 8.97. The van der Waals surface area contributed by atoms with Crippen LogP contribution in [0.15, 0.2) is 58.3 Å². The number of carbonyl (C=O) groups excluding carboxylic acids is 1. The fourth-order valence-corrected chi connectivity index (χ4v) is 4.64. The van der Waals surface area contributed by atoms with Crippen molar-refractivity contribution in [2.75, 3.05) is 6.61 Å². The number of benzene rings is 2. The summed E-state index contributed by atoms with van der Waals surface area (Å²) in [5.41, 5.74) is 1.77. The van der Waals surface area contributed by atoms with Gasteiger partial charge in [-0.15, -0.1) is 0 Å². The molecule has 32 heavy (non-hydrogen) atoms. The van der Waals surface area contributed by atoms with Crippen molar-refractivity contribution >= 4 is 26.2 Å². The smallest absolute Gasteiger partial charge is 0.337 e. The molecule has 8 nitrogen and oxygen atoms in total. The Bertz CT molecular complexity index is 1100. The van der Waals surface area contributed by atoms with Crippen LogP contribution in [0.4, 0.5) is 0 Å². The molecule has 1 unspecified atom stereocenters. The van der Waals surface area contributed by atoms with Gasteiger partial charge < -0.3 is 4.74 Å². The van der Waals surface area contributed by atoms with Crippen LogP contribution in [0, 0.1) is 13.8 Å². The van der Waals surface area contributed by atoms with Crippen molar-refractivity contribution in [3.05, 3.63) is 59.7 Å². The van der Waals surface area contributed by atoms with Gasteiger partial charge in [0.15, 0.2) is 6.10 Å². The monoisotopic (exact) mass is 484 g/mol. The summed E-state index contributed by atoms with van der Waals surface area (Å²) in [4.78, 5) is 12.3. The molecule has 2 aromatic rings. The Labute approximate surface area is 189 Å². The van der Waals surface area contributed by atoms with Gasteiger partial charge in [-0.05, 0) is 64.8 Å². The zero-order valence-corrected chi connectivity index (χ0v) is 20.1. The maximum absolute atomic E-state index is 12.6. The lowest BCUT2D eigenvalue weighted by Gasteiger charge is -2.18. The number of ether oxygens (including phenoxy) is 1. The Morgan fingerprint density at radius 1 is 0.812 bits per heavy atom. The molecule has 0 aliphatic carbocycles. The van der Waals surface area contributed by atoms with E-state index in [2.05, 4.69) is 0 Å². The maximum Gasteiger partial charge on any atom is 0.337 e. The average molecular weight is 485 g/mol. The van der Waals surface area contributed by atoms with Crippen LogP contribution in [-0.2, 0) is 38.1 Å². The molecule has 2 aromatic carbocycles. The molecule has 0 amide bonds. The summed E-state index contributed by atoms with van der Waals surface area (Å²) in [6, 6.07) is 12.2. The lowest BCUT2D eigenvalue weighted by molar-refractivity contribution is -0.156. The average Bonchev–Trinajstić information content (AvgIpc) is 2.70. The van der Waals surface area contributed by atoms with Gasteiger partial charge in [0.2, 0.25) is 0 Å². The van der Waals surface area contributed by atoms with Crippen LogP contribution >= 0.6 is 0 Å². The minimum absolute atomic E-state index is 0.0112. The standard InChI is InChI=1S/C22H28O8S2/c1-16(2)29-22(23)21(30-32(26,27)20-13-9-18(4)10-14-20)6-5-15-28-31(24,25)19-11-7-17(3)8-12-19/h7-14,16,21H,5-6,15H2,1-4H3. The number of aryl methyl sites for hydroxylation is 2. The van der Waals surface area contributed by atoms with E-state index in [0.717, 1.165) is 11.1 Å². The van der Waals surface area contributed by atoms with E-state index in [4.69, 9.17) is 13.1 Å². The number of hydrogen-bond acceptors (Lipinski definition) is 8. The second-order valence-electron chi connectivity index (χ2n) is 7.57. The van der Waals surface area contributed by atoms with Crippen LogP contribution in [0.2, 0.25) is 0 Å². The molecular formula is C22H28O8S2. The van der Waals surface area contributed by atoms with Crippen molar-refractivity contribution in [3.63, 3.8) is 0 Å². The largest absolute Gasteiger partial charge is 0.461 e. The number of rotatable bonds is 11. The molecule has 0 bridgehead atoms. The molecule has 10 heteroatoms. The first-order valence-corrected chi connectivity index (χ1v) is 12.9. The summed E-state index contributed by atoms with van der Waals surface area (Å²) in [6.45, 7) is 6.64. The fraction of sp³-hybridized carbons (Fsp3) is 0.409. The molecule has 0 aliphatic rings. The van der Waals surface area contributed by atoms with Crippen LogP contribution in [0.3, 0.4) is 0 Å². The SMILES string of the molecule is Cc1ccc(S(=O)(=O)OCCCC(OS(=O)(=O)c2ccc(C)cc2)C(=O)OC(C)C)cc1. The third-order valence-corrected chi connectivity index (χ3v) is 6.99. The van der Waals surface area contributed by atoms with Crippen LogP contribution < -0.4 is 0 Å². The van der Waals surface area contributed by atoms with Gasteiger partial charge in [-0.3, -0.25) is 8.37 Å². The van der Waals surface area contributed by atoms with Gasteiger partial charge in [0.25, 0.3) is 20.2 Å². The van der Waals surface area contributed by atoms with Crippen molar-refractivity contribution in [3.8, 4) is 0 Å². The minimum atomic E-state index is -4.23. The number of esters is 1. The zero-order chi connectivity index (χ0) is 23.9. The van der Waals surface area contributed by atoms with Crippen molar-refractivity contribution in [1.29, 1.82) is 0 Å². The lowest BCUT2D eigenvalue weighted by atomic mass is 10.2. The van der Waals surface area contributed by atoms with E-state index in [1.807, 2.05) is 13.8 Å². The van der Waals surface area contributed by atoms with Crippen molar-refractivity contribution in [1.82, 2.24) is 0 Å². The Morgan fingerprint density at radius 3 is 1.75 bits per heavy atom. The summed E-state index contributed by atoms with van der Waals surface area (Å²) >= 11 is 0. The molecular weight excluding hydrogens is 456 g/mol. The highest BCUT2D eigenvalue weighted by molar-refractivity contribution is 7.87. The molecule has 176 valence electrons. The van der Waals surface area contributed by atoms with Crippen LogP contribution in [0.25, 0.3) is 0 Å². The first-order valence-electron chi connectivity index (χ1n) is 10.1. The summed E-state index contributed by atoms with van der Waals surface area (Å²) in [5.74, 6) is -0.850. The van der Waals surface area contributed by atoms with Crippen molar-refractivity contribution < 1.29 is 34.7 Å². The molecule has 0 saturated carbocycles. The summed E-state index contributed by atoms with van der Waals surface area (Å²) < 4.78 is 65.0. The highest BCUT2D eigenvalue weighted by Gasteiger charge is 2.29. The van der Waals surface area contributed by atoms with E-state index in [-0.39, 0.29) is 29.2 Å². The van der Waals surface area contributed by atoms with E-state index in [1.165, 1.54) is 24.3 Å². The fourth-order valence-electron chi connectivity index (χ4n) is 2.64. The van der Waals surface area contributed by atoms with Gasteiger partial charge in [-0.25, -0.2) is 4.79 Å². The predicted molar refractivity (Wildman–Crippen MR) is 118 cm³/mol. The highest BCUT2D eigenvalue weighted by Crippen LogP contribution is 2.19. The summed E-state index contributed by atoms with van der Waals surface area (Å²) in [6.07, 6.45) is -1.98. The lowest BCUT2D eigenvalue weighted by Crippen LogP contribution is -2.31. The van der Waals surface area contributed by atoms with Crippen molar-refractivity contribution in [2.45, 2.75) is 62.5 Å². The first-order chi connectivity index (χ1) is 14.9. The Morgan fingerprint density at radius 2 is 1.28 bits per heavy atom. The van der Waals surface area contributed by atoms with E-state index in [0.29, 0.717) is 0 Å². The molecule has 0 saturated heterocycles.